The predicted octanol–water partition coefficient (Wildman–Crippen LogP) is 28.7. The van der Waals surface area contributed by atoms with Crippen LogP contribution in [-0.2, 0) is 275 Å². The molecule has 0 N–H and O–H groups in total. The summed E-state index contributed by atoms with van der Waals surface area (Å²) in [5, 5.41) is 0. The summed E-state index contributed by atoms with van der Waals surface area (Å²) < 4.78 is 0. The van der Waals surface area contributed by atoms with Gasteiger partial charge in [-0.1, -0.05) is 169 Å². The summed E-state index contributed by atoms with van der Waals surface area (Å²) in [6.07, 6.45) is 30.5. The number of benzene rings is 4. The second-order valence-corrected chi connectivity index (χ2v) is 26.3. The van der Waals surface area contributed by atoms with Crippen molar-refractivity contribution in [1.82, 2.24) is 0 Å². The van der Waals surface area contributed by atoms with Crippen molar-refractivity contribution in [2.24, 2.45) is 47.3 Å². The maximum Gasteiger partial charge on any atom is 0.0267 e. The van der Waals surface area contributed by atoms with Gasteiger partial charge in [0, 0.05) is 286 Å². The second-order valence-electron chi connectivity index (χ2n) is 26.3. The van der Waals surface area contributed by atoms with Crippen molar-refractivity contribution >= 4 is 0 Å². The van der Waals surface area contributed by atoms with E-state index >= 15 is 0 Å². The third-order valence-corrected chi connectivity index (χ3v) is 9.34. The van der Waals surface area contributed by atoms with Gasteiger partial charge in [-0.3, -0.25) is 0 Å². The molecule has 0 saturated carbocycles. The molecule has 0 spiro atoms. The summed E-state index contributed by atoms with van der Waals surface area (Å²) in [7, 11) is 0. The molecule has 0 fully saturated rings. The van der Waals surface area contributed by atoms with Gasteiger partial charge in [-0.25, -0.2) is 75.3 Å². The van der Waals surface area contributed by atoms with E-state index in [1.807, 2.05) is 74.5 Å². The van der Waals surface area contributed by atoms with Crippen LogP contribution in [0.15, 0.2) is 193 Å². The molecule has 0 bridgehead atoms. The van der Waals surface area contributed by atoms with E-state index in [0.717, 1.165) is 71.9 Å². The second kappa shape index (κ2) is 109. The van der Waals surface area contributed by atoms with E-state index in [-0.39, 0.29) is 262 Å². The third-order valence-electron chi connectivity index (χ3n) is 9.34. The van der Waals surface area contributed by atoms with E-state index in [4.69, 9.17) is 0 Å². The van der Waals surface area contributed by atoms with Crippen LogP contribution in [-0.4, -0.2) is 0 Å². The largest absolute Gasteiger partial charge is 0.341 e. The average molecular weight is 2010 g/mol. The number of rotatable bonds is 10. The fourth-order valence-corrected chi connectivity index (χ4v) is 5.69. The molecule has 0 amide bonds. The van der Waals surface area contributed by atoms with Gasteiger partial charge in [0.25, 0.3) is 0 Å². The smallest absolute Gasteiger partial charge is 0.0267 e. The van der Waals surface area contributed by atoms with Gasteiger partial charge in [-0.05, 0) is 51.4 Å². The Morgan fingerprint density at radius 3 is 0.673 bits per heavy atom. The van der Waals surface area contributed by atoms with Crippen molar-refractivity contribution in [3.8, 4) is 23.7 Å². The first-order valence-corrected chi connectivity index (χ1v) is 34.5. The molecule has 0 aromatic heterocycles. The van der Waals surface area contributed by atoms with Gasteiger partial charge in [0.05, 0.1) is 0 Å². The third kappa shape index (κ3) is 156. The number of aryl methyl sites for hydroxylation is 2. The Morgan fingerprint density at radius 1 is 0.327 bits per heavy atom. The topological polar surface area (TPSA) is 0 Å². The molecular formula is C96H144Y8-16. The van der Waals surface area contributed by atoms with Crippen molar-refractivity contribution in [2.45, 2.75) is 189 Å². The molecule has 8 heteroatoms. The molecule has 0 unspecified atom stereocenters. The minimum absolute atomic E-state index is 0. The molecule has 0 aliphatic heterocycles. The molecule has 0 heterocycles. The number of hydrogen-bond donors (Lipinski definition) is 0. The first-order chi connectivity index (χ1) is 44.8. The van der Waals surface area contributed by atoms with Crippen molar-refractivity contribution in [2.75, 3.05) is 0 Å². The van der Waals surface area contributed by atoms with E-state index in [9.17, 15) is 0 Å². The monoisotopic (exact) mass is 2010 g/mol. The molecule has 4 aromatic carbocycles. The van der Waals surface area contributed by atoms with Gasteiger partial charge in [-0.15, -0.1) is 87.7 Å². The molecule has 568 valence electrons. The summed E-state index contributed by atoms with van der Waals surface area (Å²) in [6, 6.07) is 32.7. The average Bonchev–Trinajstić information content (AvgIpc) is 1.03. The Kier molecular flexibility index (Phi) is 151. The van der Waals surface area contributed by atoms with Crippen LogP contribution < -0.4 is 0 Å². The Balaban J connectivity index is -0.0000000599. The fourth-order valence-electron chi connectivity index (χ4n) is 5.69. The van der Waals surface area contributed by atoms with Crippen LogP contribution in [0.25, 0.3) is 0 Å². The quantitative estimate of drug-likeness (QED) is 0.0843. The molecule has 0 atom stereocenters. The number of hydrogen-bond acceptors (Lipinski definition) is 0. The van der Waals surface area contributed by atoms with Crippen molar-refractivity contribution in [1.29, 1.82) is 0 Å². The molecule has 6 rings (SSSR count). The predicted molar refractivity (Wildman–Crippen MR) is 447 cm³/mol. The molecule has 0 nitrogen and oxygen atoms in total. The zero-order chi connectivity index (χ0) is 75.8. The van der Waals surface area contributed by atoms with E-state index in [1.54, 1.807) is 35.5 Å². The standard InChI is InChI=1S/C17H18.C16H12.C15H18.C8H10.8C4H9.2C4H7.8Y/c1-14-6-10-16(11-7-14)4-3-5-17-12-8-15(2)9-13-17;1-13-3-7-15(8-4-13)11-12-16-9-5-14(2)6-10-16;1-12-6-8-14(10-12)4-3-5-15-9-7-13(2)11-15;1-3-5-7-8-6-4-2;8*1-4(2)3;2*1-3-4-2;;;;;;;;/h6-13H,1-5H2;3-10H,1-2H2;6-9H,1-5,10-11H2;3-4H,1-2,5-6H2;8*4H,1H2,2-3H3;2*3-4H,1H2,2H3;;;;;;;;/q3*-2;;10*-1;;;;;;;;/b;;;;;;;;;;;;2*4-3+;;;;;;;;. The molecule has 2 aliphatic rings. The van der Waals surface area contributed by atoms with Crippen LogP contribution in [0.5, 0.6) is 0 Å². The summed E-state index contributed by atoms with van der Waals surface area (Å²) in [4.78, 5) is 0. The van der Waals surface area contributed by atoms with Crippen molar-refractivity contribution < 1.29 is 262 Å². The van der Waals surface area contributed by atoms with Crippen LogP contribution in [0.1, 0.15) is 221 Å². The first-order valence-electron chi connectivity index (χ1n) is 34.5. The summed E-state index contributed by atoms with van der Waals surface area (Å²) in [6.45, 7) is 103. The van der Waals surface area contributed by atoms with Crippen LogP contribution in [0.2, 0.25) is 0 Å². The molecule has 4 aromatic rings. The molecule has 0 saturated heterocycles. The minimum Gasteiger partial charge on any atom is -0.341 e. The maximum atomic E-state index is 3.96. The van der Waals surface area contributed by atoms with Gasteiger partial charge in [0.1, 0.15) is 0 Å². The van der Waals surface area contributed by atoms with E-state index < -0.39 is 0 Å². The van der Waals surface area contributed by atoms with Gasteiger partial charge in [0.15, 0.2) is 0 Å². The SMILES string of the molecule is C=CCC#CCC=C.[CH2-]/C=C/C.[CH2-]/C=C/C.[CH2-]C(C)C.[CH2-]C(C)C.[CH2-]C(C)C.[CH2-]C(C)C.[CH2-]C(C)C.[CH2-]C(C)C.[CH2-]C(C)C.[CH2-]C(C)C.[CH2-]C1=CC=C(CCCC2=CC=C([CH2-])C2)C1.[CH2-]c1ccc(C#Cc2ccc([CH2-])cc2)cc1.[CH2-]c1ccc(CCCc2ccc([CH2-])cc2)cc1.[Y].[Y].[Y].[Y].[Y].[Y].[Y].[Y]. The fraction of sp³-hybridized carbons (Fsp3) is 0.375. The Morgan fingerprint density at radius 2 is 0.510 bits per heavy atom. The molecule has 8 radical (unpaired) electrons. The van der Waals surface area contributed by atoms with Crippen LogP contribution in [0.3, 0.4) is 0 Å². The molecule has 2 aliphatic carbocycles. The Bertz CT molecular complexity index is 2390. The van der Waals surface area contributed by atoms with Gasteiger partial charge >= 0.3 is 0 Å². The normalized spacial score (nSPS) is 9.94. The Labute approximate surface area is 855 Å². The van der Waals surface area contributed by atoms with E-state index in [1.165, 1.54) is 48.0 Å². The first kappa shape index (κ1) is 144. The number of allylic oxidation sites excluding steroid dienone is 14. The van der Waals surface area contributed by atoms with Gasteiger partial charge < -0.3 is 55.4 Å². The molecular weight excluding hydrogens is 1860 g/mol. The summed E-state index contributed by atoms with van der Waals surface area (Å²) in [5.41, 5.74) is 14.6. The zero-order valence-corrected chi connectivity index (χ0v) is 92.8. The minimum atomic E-state index is 0. The van der Waals surface area contributed by atoms with Crippen LogP contribution in [0.4, 0.5) is 0 Å². The van der Waals surface area contributed by atoms with Gasteiger partial charge in [-0.2, -0.15) is 146 Å². The summed E-state index contributed by atoms with van der Waals surface area (Å²) in [5.74, 6) is 16.7. The van der Waals surface area contributed by atoms with E-state index in [0.29, 0.717) is 47.3 Å². The van der Waals surface area contributed by atoms with Crippen LogP contribution in [0, 0.1) is 182 Å². The summed E-state index contributed by atoms with van der Waals surface area (Å²) >= 11 is 0. The zero-order valence-electron chi connectivity index (χ0n) is 70.0. The van der Waals surface area contributed by atoms with Crippen molar-refractivity contribution in [3.05, 3.63) is 349 Å². The van der Waals surface area contributed by atoms with E-state index in [2.05, 4.69) is 331 Å². The Hall–Kier alpha value is 1.71. The van der Waals surface area contributed by atoms with Gasteiger partial charge in [0.2, 0.25) is 0 Å². The maximum absolute atomic E-state index is 3.96. The van der Waals surface area contributed by atoms with Crippen LogP contribution >= 0.6 is 0 Å². The molecule has 104 heavy (non-hydrogen) atoms. The van der Waals surface area contributed by atoms with Crippen molar-refractivity contribution in [3.63, 3.8) is 0 Å².